The largest absolute Gasteiger partial charge is 0.507 e. The molecule has 0 unspecified atom stereocenters. The summed E-state index contributed by atoms with van der Waals surface area (Å²) in [6.45, 7) is 10.7. The van der Waals surface area contributed by atoms with Crippen molar-refractivity contribution in [3.8, 4) is 5.75 Å². The van der Waals surface area contributed by atoms with Gasteiger partial charge in [0.05, 0.1) is 11.3 Å². The molecule has 0 amide bonds. The number of benzene rings is 1. The van der Waals surface area contributed by atoms with E-state index >= 15 is 0 Å². The molecule has 2 heterocycles. The predicted molar refractivity (Wildman–Crippen MR) is 122 cm³/mol. The highest BCUT2D eigenvalue weighted by Crippen LogP contribution is 2.32. The first-order chi connectivity index (χ1) is 13.9. The Balaban J connectivity index is 1.83. The molecule has 7 heteroatoms. The smallest absolute Gasteiger partial charge is 0.127 e. The second kappa shape index (κ2) is 7.80. The van der Waals surface area contributed by atoms with Crippen LogP contribution in [-0.2, 0) is 0 Å². The number of aromatic hydroxyl groups is 1. The highest BCUT2D eigenvalue weighted by atomic mass is 16.3. The monoisotopic (exact) mass is 410 g/mol. The van der Waals surface area contributed by atoms with Gasteiger partial charge in [0.15, 0.2) is 0 Å². The molecule has 6 N–H and O–H groups in total. The second-order valence-electron chi connectivity index (χ2n) is 9.62. The Morgan fingerprint density at radius 1 is 1.17 bits per heavy atom. The highest BCUT2D eigenvalue weighted by Gasteiger charge is 2.39. The molecule has 162 valence electrons. The van der Waals surface area contributed by atoms with Crippen LogP contribution in [0.25, 0.3) is 16.6 Å². The van der Waals surface area contributed by atoms with Crippen LogP contribution >= 0.6 is 0 Å². The molecule has 1 aromatic heterocycles. The molecule has 0 radical (unpaired) electrons. The Labute approximate surface area is 178 Å². The summed E-state index contributed by atoms with van der Waals surface area (Å²) < 4.78 is 0. The topological polar surface area (TPSA) is 113 Å². The van der Waals surface area contributed by atoms with Crippen LogP contribution in [0.1, 0.15) is 51.9 Å². The summed E-state index contributed by atoms with van der Waals surface area (Å²) in [6, 6.07) is 3.72. The Morgan fingerprint density at radius 3 is 2.43 bits per heavy atom. The zero-order valence-electron chi connectivity index (χ0n) is 18.8. The maximum Gasteiger partial charge on any atom is 0.127 e. The summed E-state index contributed by atoms with van der Waals surface area (Å²) in [6.07, 6.45) is 7.25. The summed E-state index contributed by atoms with van der Waals surface area (Å²) in [7, 11) is 2.02. The first kappa shape index (κ1) is 21.9. The molecular formula is C23H34N6O. The molecule has 3 rings (SSSR count). The van der Waals surface area contributed by atoms with Crippen LogP contribution in [0.15, 0.2) is 36.3 Å². The Morgan fingerprint density at radius 2 is 1.80 bits per heavy atom. The number of phenolic OH excluding ortho intramolecular Hbond substituents is 1. The number of rotatable bonds is 4. The quantitative estimate of drug-likeness (QED) is 0.573. The molecule has 30 heavy (non-hydrogen) atoms. The third kappa shape index (κ3) is 4.84. The molecule has 1 aliphatic heterocycles. The third-order valence-electron chi connectivity index (χ3n) is 5.69. The van der Waals surface area contributed by atoms with E-state index in [-0.39, 0.29) is 16.8 Å². The highest BCUT2D eigenvalue weighted by molar-refractivity contribution is 5.85. The first-order valence-corrected chi connectivity index (χ1v) is 10.3. The molecule has 0 atom stereocenters. The van der Waals surface area contributed by atoms with Crippen LogP contribution in [0.2, 0.25) is 0 Å². The predicted octanol–water partition coefficient (Wildman–Crippen LogP) is 2.98. The number of phenols is 1. The number of fused-ring (bicyclic) bond motifs is 1. The molecule has 0 aliphatic carbocycles. The number of nitrogens with two attached hydrogens (primary N) is 2. The van der Waals surface area contributed by atoms with Crippen LogP contribution in [0.5, 0.6) is 5.75 Å². The standard InChI is InChI=1S/C23H34N6O/c1-14-26-13-15-9-17(20(30)10-19(15)27-14)18(24)7-8-21(25)29(6)16-11-22(2,3)28-23(4,5)12-16/h7-10,13,16,28,30H,11-12,24-25H2,1-6H3/b18-7-,21-8+. The van der Waals surface area contributed by atoms with Crippen molar-refractivity contribution in [1.29, 1.82) is 0 Å². The Bertz CT molecular complexity index is 992. The second-order valence-corrected chi connectivity index (χ2v) is 9.62. The van der Waals surface area contributed by atoms with E-state index < -0.39 is 0 Å². The molecule has 0 spiro atoms. The fraction of sp³-hybridized carbons (Fsp3) is 0.478. The van der Waals surface area contributed by atoms with E-state index in [0.717, 1.165) is 18.2 Å². The number of nitrogens with one attached hydrogen (secondary N) is 1. The van der Waals surface area contributed by atoms with Gasteiger partial charge in [-0.15, -0.1) is 0 Å². The minimum Gasteiger partial charge on any atom is -0.507 e. The molecule has 1 aromatic carbocycles. The van der Waals surface area contributed by atoms with Crippen molar-refractivity contribution < 1.29 is 5.11 Å². The molecule has 1 fully saturated rings. The molecule has 1 aliphatic rings. The average molecular weight is 411 g/mol. The lowest BCUT2D eigenvalue weighted by Gasteiger charge is -2.49. The summed E-state index contributed by atoms with van der Waals surface area (Å²) in [5, 5.41) is 14.9. The van der Waals surface area contributed by atoms with Crippen molar-refractivity contribution in [3.63, 3.8) is 0 Å². The van der Waals surface area contributed by atoms with Crippen LogP contribution in [0, 0.1) is 6.92 Å². The number of allylic oxidation sites excluding steroid dienone is 2. The van der Waals surface area contributed by atoms with Gasteiger partial charge in [-0.3, -0.25) is 0 Å². The molecule has 7 nitrogen and oxygen atoms in total. The maximum atomic E-state index is 10.4. The lowest BCUT2D eigenvalue weighted by atomic mass is 9.79. The normalized spacial score (nSPS) is 19.8. The van der Waals surface area contributed by atoms with Gasteiger partial charge in [0, 0.05) is 53.1 Å². The average Bonchev–Trinajstić information content (AvgIpc) is 2.62. The van der Waals surface area contributed by atoms with Gasteiger partial charge in [0.1, 0.15) is 11.6 Å². The number of aromatic nitrogens is 2. The minimum absolute atomic E-state index is 0.0349. The van der Waals surface area contributed by atoms with Crippen LogP contribution in [-0.4, -0.2) is 44.1 Å². The van der Waals surface area contributed by atoms with Gasteiger partial charge < -0.3 is 26.8 Å². The van der Waals surface area contributed by atoms with E-state index in [9.17, 15) is 5.11 Å². The van der Waals surface area contributed by atoms with Crippen molar-refractivity contribution in [2.45, 2.75) is 64.6 Å². The van der Waals surface area contributed by atoms with Gasteiger partial charge in [0.25, 0.3) is 0 Å². The Kier molecular flexibility index (Phi) is 5.69. The number of aryl methyl sites for hydroxylation is 1. The van der Waals surface area contributed by atoms with Gasteiger partial charge in [-0.1, -0.05) is 0 Å². The lowest BCUT2D eigenvalue weighted by Crippen LogP contribution is -2.61. The summed E-state index contributed by atoms with van der Waals surface area (Å²) >= 11 is 0. The van der Waals surface area contributed by atoms with Gasteiger partial charge in [-0.05, 0) is 65.7 Å². The number of hydrogen-bond donors (Lipinski definition) is 4. The number of piperidine rings is 1. The SMILES string of the molecule is Cc1ncc2cc(/C(N)=C/C=C(\N)N(C)C3CC(C)(C)NC(C)(C)C3)c(O)cc2n1. The van der Waals surface area contributed by atoms with Crippen LogP contribution in [0.4, 0.5) is 0 Å². The van der Waals surface area contributed by atoms with Crippen molar-refractivity contribution in [2.24, 2.45) is 11.5 Å². The van der Waals surface area contributed by atoms with Gasteiger partial charge in [-0.2, -0.15) is 0 Å². The van der Waals surface area contributed by atoms with E-state index in [1.165, 1.54) is 0 Å². The van der Waals surface area contributed by atoms with Crippen molar-refractivity contribution >= 4 is 16.6 Å². The van der Waals surface area contributed by atoms with Gasteiger partial charge in [-0.25, -0.2) is 9.97 Å². The zero-order valence-corrected chi connectivity index (χ0v) is 18.8. The van der Waals surface area contributed by atoms with Gasteiger partial charge >= 0.3 is 0 Å². The molecular weight excluding hydrogens is 376 g/mol. The van der Waals surface area contributed by atoms with E-state index in [4.69, 9.17) is 11.5 Å². The third-order valence-corrected chi connectivity index (χ3v) is 5.69. The van der Waals surface area contributed by atoms with E-state index in [0.29, 0.717) is 34.5 Å². The van der Waals surface area contributed by atoms with Crippen molar-refractivity contribution in [3.05, 3.63) is 47.7 Å². The first-order valence-electron chi connectivity index (χ1n) is 10.3. The fourth-order valence-electron chi connectivity index (χ4n) is 4.53. The summed E-state index contributed by atoms with van der Waals surface area (Å²) in [5.74, 6) is 1.37. The zero-order chi connectivity index (χ0) is 22.3. The number of nitrogens with zero attached hydrogens (tertiary/aromatic N) is 3. The van der Waals surface area contributed by atoms with E-state index in [1.54, 1.807) is 30.5 Å². The number of hydrogen-bond acceptors (Lipinski definition) is 7. The summed E-state index contributed by atoms with van der Waals surface area (Å²) in [4.78, 5) is 10.7. The van der Waals surface area contributed by atoms with Crippen LogP contribution in [0.3, 0.4) is 0 Å². The van der Waals surface area contributed by atoms with Crippen molar-refractivity contribution in [2.75, 3.05) is 7.05 Å². The molecule has 2 aromatic rings. The van der Waals surface area contributed by atoms with E-state index in [2.05, 4.69) is 47.9 Å². The van der Waals surface area contributed by atoms with Crippen LogP contribution < -0.4 is 16.8 Å². The molecule has 0 bridgehead atoms. The lowest BCUT2D eigenvalue weighted by molar-refractivity contribution is 0.0981. The molecule has 0 saturated carbocycles. The summed E-state index contributed by atoms with van der Waals surface area (Å²) in [5.41, 5.74) is 14.4. The Hall–Kier alpha value is -2.80. The minimum atomic E-state index is 0.0349. The maximum absolute atomic E-state index is 10.4. The van der Waals surface area contributed by atoms with Crippen molar-refractivity contribution in [1.82, 2.24) is 20.2 Å². The van der Waals surface area contributed by atoms with Gasteiger partial charge in [0.2, 0.25) is 0 Å². The van der Waals surface area contributed by atoms with E-state index in [1.807, 2.05) is 14.0 Å². The molecule has 1 saturated heterocycles. The fourth-order valence-corrected chi connectivity index (χ4v) is 4.53.